The van der Waals surface area contributed by atoms with E-state index in [9.17, 15) is 4.79 Å². The Hall–Kier alpha value is -2.03. The number of hydrogen-bond acceptors (Lipinski definition) is 3. The Morgan fingerprint density at radius 2 is 1.46 bits per heavy atom. The van der Waals surface area contributed by atoms with E-state index in [-0.39, 0.29) is 5.97 Å². The van der Waals surface area contributed by atoms with Crippen LogP contribution < -0.4 is 0 Å². The van der Waals surface area contributed by atoms with Crippen LogP contribution in [0.3, 0.4) is 0 Å². The van der Waals surface area contributed by atoms with Gasteiger partial charge in [-0.25, -0.2) is 4.79 Å². The van der Waals surface area contributed by atoms with Gasteiger partial charge in [0.25, 0.3) is 0 Å². The number of esters is 1. The van der Waals surface area contributed by atoms with Crippen molar-refractivity contribution in [1.29, 1.82) is 0 Å². The minimum Gasteiger partial charge on any atom is -0.466 e. The first kappa shape index (κ1) is 22.3. The van der Waals surface area contributed by atoms with E-state index >= 15 is 0 Å². The molecule has 1 heterocycles. The minimum absolute atomic E-state index is 0.305. The van der Waals surface area contributed by atoms with Crippen LogP contribution in [0.2, 0.25) is 0 Å². The fraction of sp³-hybridized carbons (Fsp3) is 0.560. The summed E-state index contributed by atoms with van der Waals surface area (Å²) in [7, 11) is 1.40. The molecule has 0 atom stereocenters. The zero-order valence-corrected chi connectivity index (χ0v) is 17.9. The summed E-state index contributed by atoms with van der Waals surface area (Å²) in [5, 5.41) is 0. The van der Waals surface area contributed by atoms with Gasteiger partial charge in [0.2, 0.25) is 0 Å². The number of unbranched alkanes of at least 4 members (excludes halogenated alkanes) is 9. The largest absolute Gasteiger partial charge is 0.466 e. The number of carbonyl (C=O) groups is 1. The molecule has 2 rings (SSSR count). The van der Waals surface area contributed by atoms with Crippen molar-refractivity contribution in [2.75, 3.05) is 7.11 Å². The predicted octanol–water partition coefficient (Wildman–Crippen LogP) is 7.51. The van der Waals surface area contributed by atoms with Gasteiger partial charge in [0.1, 0.15) is 11.5 Å². The predicted molar refractivity (Wildman–Crippen MR) is 116 cm³/mol. The van der Waals surface area contributed by atoms with Gasteiger partial charge in [-0.3, -0.25) is 0 Å². The Bertz CT molecular complexity index is 697. The van der Waals surface area contributed by atoms with Crippen molar-refractivity contribution in [3.8, 4) is 11.1 Å². The van der Waals surface area contributed by atoms with Gasteiger partial charge >= 0.3 is 5.97 Å². The highest BCUT2D eigenvalue weighted by Gasteiger charge is 2.12. The highest BCUT2D eigenvalue weighted by atomic mass is 16.5. The molecule has 0 N–H and O–H groups in total. The number of benzene rings is 1. The van der Waals surface area contributed by atoms with Crippen LogP contribution in [-0.4, -0.2) is 13.1 Å². The van der Waals surface area contributed by atoms with Crippen LogP contribution in [0.15, 0.2) is 34.7 Å². The molecule has 3 heteroatoms. The van der Waals surface area contributed by atoms with Gasteiger partial charge < -0.3 is 9.15 Å². The summed E-state index contributed by atoms with van der Waals surface area (Å²) in [6, 6.07) is 9.66. The number of aryl methyl sites for hydroxylation is 2. The zero-order valence-electron chi connectivity index (χ0n) is 17.9. The lowest BCUT2D eigenvalue weighted by atomic mass is 10.0. The van der Waals surface area contributed by atoms with Gasteiger partial charge in [-0.05, 0) is 37.1 Å². The maximum atomic E-state index is 11.6. The van der Waals surface area contributed by atoms with Crippen LogP contribution >= 0.6 is 0 Å². The molecule has 0 aliphatic heterocycles. The van der Waals surface area contributed by atoms with E-state index in [2.05, 4.69) is 13.0 Å². The molecule has 0 aliphatic carbocycles. The first-order valence-corrected chi connectivity index (χ1v) is 10.9. The van der Waals surface area contributed by atoms with E-state index in [1.165, 1.54) is 64.9 Å². The summed E-state index contributed by atoms with van der Waals surface area (Å²) in [6.45, 7) is 4.26. The molecule has 0 amide bonds. The van der Waals surface area contributed by atoms with Crippen molar-refractivity contribution < 1.29 is 13.9 Å². The average Bonchev–Trinajstić information content (AvgIpc) is 3.09. The highest BCUT2D eigenvalue weighted by Crippen LogP contribution is 2.29. The third-order valence-corrected chi connectivity index (χ3v) is 5.31. The smallest absolute Gasteiger partial charge is 0.337 e. The SMILES string of the molecule is CCCCCCCCCCCCc1oc(C)cc1-c1ccc(C(=O)OC)cc1. The first-order chi connectivity index (χ1) is 13.7. The van der Waals surface area contributed by atoms with Gasteiger partial charge in [0.05, 0.1) is 12.7 Å². The standard InChI is InChI=1S/C25H36O3/c1-4-5-6-7-8-9-10-11-12-13-14-24-23(19-20(2)28-24)21-15-17-22(18-16-21)25(26)27-3/h15-19H,4-14H2,1-3H3. The maximum Gasteiger partial charge on any atom is 0.337 e. The molecule has 0 spiro atoms. The van der Waals surface area contributed by atoms with Crippen LogP contribution in [0, 0.1) is 6.92 Å². The number of methoxy groups -OCH3 is 1. The Morgan fingerprint density at radius 3 is 2.04 bits per heavy atom. The van der Waals surface area contributed by atoms with Gasteiger partial charge in [-0.1, -0.05) is 76.8 Å². The van der Waals surface area contributed by atoms with E-state index < -0.39 is 0 Å². The molecular formula is C25H36O3. The molecule has 0 bridgehead atoms. The number of furan rings is 1. The number of rotatable bonds is 13. The van der Waals surface area contributed by atoms with Crippen molar-refractivity contribution in [3.63, 3.8) is 0 Å². The Kier molecular flexibility index (Phi) is 9.88. The van der Waals surface area contributed by atoms with Crippen molar-refractivity contribution in [1.82, 2.24) is 0 Å². The van der Waals surface area contributed by atoms with Crippen LogP contribution in [0.25, 0.3) is 11.1 Å². The van der Waals surface area contributed by atoms with Crippen molar-refractivity contribution in [2.45, 2.75) is 84.5 Å². The lowest BCUT2D eigenvalue weighted by molar-refractivity contribution is 0.0601. The van der Waals surface area contributed by atoms with Crippen LogP contribution in [0.4, 0.5) is 0 Å². The summed E-state index contributed by atoms with van der Waals surface area (Å²) in [4.78, 5) is 11.6. The molecule has 0 radical (unpaired) electrons. The van der Waals surface area contributed by atoms with E-state index in [4.69, 9.17) is 9.15 Å². The molecule has 0 aliphatic rings. The minimum atomic E-state index is -0.305. The molecule has 3 nitrogen and oxygen atoms in total. The molecule has 154 valence electrons. The van der Waals surface area contributed by atoms with Crippen molar-refractivity contribution in [3.05, 3.63) is 47.4 Å². The van der Waals surface area contributed by atoms with Gasteiger partial charge in [0.15, 0.2) is 0 Å². The quantitative estimate of drug-likeness (QED) is 0.265. The van der Waals surface area contributed by atoms with E-state index in [1.54, 1.807) is 0 Å². The molecule has 28 heavy (non-hydrogen) atoms. The fourth-order valence-corrected chi connectivity index (χ4v) is 3.67. The van der Waals surface area contributed by atoms with E-state index in [1.807, 2.05) is 31.2 Å². The second kappa shape index (κ2) is 12.4. The first-order valence-electron chi connectivity index (χ1n) is 10.9. The second-order valence-corrected chi connectivity index (χ2v) is 7.69. The van der Waals surface area contributed by atoms with Crippen LogP contribution in [0.5, 0.6) is 0 Å². The zero-order chi connectivity index (χ0) is 20.2. The third kappa shape index (κ3) is 7.18. The third-order valence-electron chi connectivity index (χ3n) is 5.31. The summed E-state index contributed by atoms with van der Waals surface area (Å²) in [5.74, 6) is 1.69. The molecule has 0 unspecified atom stereocenters. The number of ether oxygens (including phenoxy) is 1. The number of hydrogen-bond donors (Lipinski definition) is 0. The van der Waals surface area contributed by atoms with Crippen LogP contribution in [0.1, 0.15) is 93.0 Å². The molecule has 1 aromatic carbocycles. The van der Waals surface area contributed by atoms with Crippen molar-refractivity contribution in [2.24, 2.45) is 0 Å². The molecular weight excluding hydrogens is 348 g/mol. The lowest BCUT2D eigenvalue weighted by Gasteiger charge is -2.05. The Labute approximate surface area is 170 Å². The molecule has 0 fully saturated rings. The topological polar surface area (TPSA) is 39.4 Å². The summed E-state index contributed by atoms with van der Waals surface area (Å²) in [5.41, 5.74) is 2.80. The molecule has 0 saturated carbocycles. The fourth-order valence-electron chi connectivity index (χ4n) is 3.67. The number of carbonyl (C=O) groups excluding carboxylic acids is 1. The monoisotopic (exact) mass is 384 g/mol. The van der Waals surface area contributed by atoms with Gasteiger partial charge in [-0.15, -0.1) is 0 Å². The summed E-state index contributed by atoms with van der Waals surface area (Å²) >= 11 is 0. The summed E-state index contributed by atoms with van der Waals surface area (Å²) < 4.78 is 10.7. The second-order valence-electron chi connectivity index (χ2n) is 7.69. The van der Waals surface area contributed by atoms with E-state index in [0.29, 0.717) is 5.56 Å². The molecule has 1 aromatic heterocycles. The Morgan fingerprint density at radius 1 is 0.893 bits per heavy atom. The van der Waals surface area contributed by atoms with Crippen molar-refractivity contribution >= 4 is 5.97 Å². The highest BCUT2D eigenvalue weighted by molar-refractivity contribution is 5.90. The average molecular weight is 385 g/mol. The molecule has 0 saturated heterocycles. The lowest BCUT2D eigenvalue weighted by Crippen LogP contribution is -2.00. The van der Waals surface area contributed by atoms with Gasteiger partial charge in [-0.2, -0.15) is 0 Å². The maximum absolute atomic E-state index is 11.6. The van der Waals surface area contributed by atoms with Crippen LogP contribution in [-0.2, 0) is 11.2 Å². The molecule has 2 aromatic rings. The normalized spacial score (nSPS) is 11.0. The van der Waals surface area contributed by atoms with Gasteiger partial charge in [0, 0.05) is 12.0 Å². The van der Waals surface area contributed by atoms with E-state index in [0.717, 1.165) is 35.5 Å². The Balaban J connectivity index is 1.77. The summed E-state index contributed by atoms with van der Waals surface area (Å²) in [6.07, 6.45) is 14.3.